The second-order valence-corrected chi connectivity index (χ2v) is 6.38. The molecule has 0 bridgehead atoms. The number of oxazole rings is 1. The average Bonchev–Trinajstić information content (AvgIpc) is 2.95. The first kappa shape index (κ1) is 15.9. The largest absolute Gasteiger partial charge is 0.441 e. The van der Waals surface area contributed by atoms with E-state index in [-0.39, 0.29) is 12.0 Å². The van der Waals surface area contributed by atoms with Crippen molar-refractivity contribution in [3.63, 3.8) is 0 Å². The molecule has 0 aliphatic heterocycles. The number of carbonyl (C=O) groups excluding carboxylic acids is 1. The lowest BCUT2D eigenvalue weighted by Crippen LogP contribution is -2.23. The molecule has 0 N–H and O–H groups in total. The fourth-order valence-electron chi connectivity index (χ4n) is 3.03. The third kappa shape index (κ3) is 3.88. The molecule has 122 valence electrons. The van der Waals surface area contributed by atoms with Crippen LogP contribution in [0.5, 0.6) is 0 Å². The summed E-state index contributed by atoms with van der Waals surface area (Å²) in [5.41, 5.74) is 3.03. The van der Waals surface area contributed by atoms with Gasteiger partial charge in [0.1, 0.15) is 17.7 Å². The predicted octanol–water partition coefficient (Wildman–Crippen LogP) is 4.23. The number of hydrogen-bond acceptors (Lipinski definition) is 4. The van der Waals surface area contributed by atoms with Crippen molar-refractivity contribution in [2.75, 3.05) is 0 Å². The number of rotatable bonds is 5. The second kappa shape index (κ2) is 7.09. The minimum absolute atomic E-state index is 0.148. The Hall–Kier alpha value is -1.94. The van der Waals surface area contributed by atoms with E-state index >= 15 is 0 Å². The summed E-state index contributed by atoms with van der Waals surface area (Å²) in [5, 5.41) is 0. The van der Waals surface area contributed by atoms with E-state index in [9.17, 15) is 4.79 Å². The molecule has 2 aromatic rings. The Balaban J connectivity index is 1.64. The van der Waals surface area contributed by atoms with Gasteiger partial charge in [-0.15, -0.1) is 0 Å². The molecule has 3 rings (SSSR count). The zero-order valence-electron chi connectivity index (χ0n) is 13.7. The van der Waals surface area contributed by atoms with Gasteiger partial charge < -0.3 is 13.9 Å². The summed E-state index contributed by atoms with van der Waals surface area (Å²) in [4.78, 5) is 15.5. The SMILES string of the molecule is Cc1ccc(-c2nc(COC3CCCC(C=O)C3)c(C)o2)cc1. The van der Waals surface area contributed by atoms with Crippen molar-refractivity contribution in [2.45, 2.75) is 52.2 Å². The average molecular weight is 313 g/mol. The number of hydrogen-bond donors (Lipinski definition) is 0. The van der Waals surface area contributed by atoms with Crippen molar-refractivity contribution < 1.29 is 13.9 Å². The van der Waals surface area contributed by atoms with Gasteiger partial charge >= 0.3 is 0 Å². The molecule has 1 aromatic heterocycles. The summed E-state index contributed by atoms with van der Waals surface area (Å²) in [6.07, 6.45) is 5.10. The van der Waals surface area contributed by atoms with Crippen LogP contribution < -0.4 is 0 Å². The highest BCUT2D eigenvalue weighted by molar-refractivity contribution is 5.54. The lowest BCUT2D eigenvalue weighted by atomic mass is 9.88. The van der Waals surface area contributed by atoms with E-state index in [2.05, 4.69) is 11.9 Å². The van der Waals surface area contributed by atoms with E-state index in [0.29, 0.717) is 12.5 Å². The number of aromatic nitrogens is 1. The quantitative estimate of drug-likeness (QED) is 0.775. The maximum Gasteiger partial charge on any atom is 0.226 e. The lowest BCUT2D eigenvalue weighted by Gasteiger charge is -2.25. The molecule has 23 heavy (non-hydrogen) atoms. The Bertz CT molecular complexity index is 660. The summed E-state index contributed by atoms with van der Waals surface area (Å²) in [6.45, 7) is 4.41. The van der Waals surface area contributed by atoms with Crippen molar-refractivity contribution in [1.82, 2.24) is 4.98 Å². The van der Waals surface area contributed by atoms with Crippen LogP contribution in [0.2, 0.25) is 0 Å². The molecule has 0 radical (unpaired) electrons. The monoisotopic (exact) mass is 313 g/mol. The standard InChI is InChI=1S/C19H23NO3/c1-13-6-8-16(9-7-13)19-20-18(14(2)23-19)12-22-17-5-3-4-15(10-17)11-21/h6-9,11,15,17H,3-5,10,12H2,1-2H3. The van der Waals surface area contributed by atoms with Crippen LogP contribution in [0.15, 0.2) is 28.7 Å². The van der Waals surface area contributed by atoms with Gasteiger partial charge in [-0.05, 0) is 45.2 Å². The molecular weight excluding hydrogens is 290 g/mol. The molecule has 0 spiro atoms. The molecule has 1 aliphatic carbocycles. The lowest BCUT2D eigenvalue weighted by molar-refractivity contribution is -0.114. The highest BCUT2D eigenvalue weighted by atomic mass is 16.5. The Morgan fingerprint density at radius 3 is 2.78 bits per heavy atom. The van der Waals surface area contributed by atoms with Gasteiger partial charge in [0.15, 0.2) is 0 Å². The van der Waals surface area contributed by atoms with Gasteiger partial charge in [0.05, 0.1) is 12.7 Å². The van der Waals surface area contributed by atoms with Crippen LogP contribution in [0.1, 0.15) is 42.7 Å². The summed E-state index contributed by atoms with van der Waals surface area (Å²) in [7, 11) is 0. The predicted molar refractivity (Wildman–Crippen MR) is 88.0 cm³/mol. The summed E-state index contributed by atoms with van der Waals surface area (Å²) < 4.78 is 11.7. The van der Waals surface area contributed by atoms with Crippen LogP contribution in [0.25, 0.3) is 11.5 Å². The third-order valence-electron chi connectivity index (χ3n) is 4.51. The second-order valence-electron chi connectivity index (χ2n) is 6.38. The maximum absolute atomic E-state index is 10.9. The number of aryl methyl sites for hydroxylation is 2. The maximum atomic E-state index is 10.9. The van der Waals surface area contributed by atoms with Gasteiger partial charge in [0.2, 0.25) is 5.89 Å². The van der Waals surface area contributed by atoms with Gasteiger partial charge in [-0.3, -0.25) is 0 Å². The Morgan fingerprint density at radius 1 is 1.26 bits per heavy atom. The Labute approximate surface area is 136 Å². The van der Waals surface area contributed by atoms with Crippen molar-refractivity contribution in [3.8, 4) is 11.5 Å². The first-order valence-corrected chi connectivity index (χ1v) is 8.26. The van der Waals surface area contributed by atoms with E-state index < -0.39 is 0 Å². The molecule has 1 heterocycles. The van der Waals surface area contributed by atoms with Crippen molar-refractivity contribution in [1.29, 1.82) is 0 Å². The van der Waals surface area contributed by atoms with E-state index in [1.165, 1.54) is 5.56 Å². The molecule has 0 saturated heterocycles. The van der Waals surface area contributed by atoms with Gasteiger partial charge in [-0.25, -0.2) is 4.98 Å². The molecule has 2 unspecified atom stereocenters. The van der Waals surface area contributed by atoms with E-state index in [1.54, 1.807) is 0 Å². The number of benzene rings is 1. The minimum atomic E-state index is 0.148. The van der Waals surface area contributed by atoms with Gasteiger partial charge in [-0.2, -0.15) is 0 Å². The van der Waals surface area contributed by atoms with Crippen molar-refractivity contribution in [2.24, 2.45) is 5.92 Å². The van der Waals surface area contributed by atoms with Crippen molar-refractivity contribution >= 4 is 6.29 Å². The highest BCUT2D eigenvalue weighted by Gasteiger charge is 2.23. The van der Waals surface area contributed by atoms with Crippen LogP contribution >= 0.6 is 0 Å². The van der Waals surface area contributed by atoms with Crippen LogP contribution in [-0.2, 0) is 16.1 Å². The Morgan fingerprint density at radius 2 is 2.04 bits per heavy atom. The van der Waals surface area contributed by atoms with Gasteiger partial charge in [-0.1, -0.05) is 24.1 Å². The van der Waals surface area contributed by atoms with Crippen molar-refractivity contribution in [3.05, 3.63) is 41.3 Å². The number of carbonyl (C=O) groups is 1. The summed E-state index contributed by atoms with van der Waals surface area (Å²) >= 11 is 0. The van der Waals surface area contributed by atoms with Crippen LogP contribution in [0.4, 0.5) is 0 Å². The first-order valence-electron chi connectivity index (χ1n) is 8.26. The number of aldehydes is 1. The molecule has 4 heteroatoms. The molecule has 0 amide bonds. The van der Waals surface area contributed by atoms with Crippen LogP contribution in [0, 0.1) is 19.8 Å². The van der Waals surface area contributed by atoms with Crippen LogP contribution in [0.3, 0.4) is 0 Å². The van der Waals surface area contributed by atoms with Gasteiger partial charge in [0, 0.05) is 11.5 Å². The van der Waals surface area contributed by atoms with E-state index in [1.807, 2.05) is 31.2 Å². The topological polar surface area (TPSA) is 52.3 Å². The minimum Gasteiger partial charge on any atom is -0.441 e. The van der Waals surface area contributed by atoms with E-state index in [0.717, 1.165) is 49.0 Å². The number of nitrogens with zero attached hydrogens (tertiary/aromatic N) is 1. The first-order chi connectivity index (χ1) is 11.2. The normalized spacial score (nSPS) is 21.3. The van der Waals surface area contributed by atoms with Gasteiger partial charge in [0.25, 0.3) is 0 Å². The smallest absolute Gasteiger partial charge is 0.226 e. The number of ether oxygens (including phenoxy) is 1. The zero-order chi connectivity index (χ0) is 16.2. The molecule has 1 aliphatic rings. The molecule has 4 nitrogen and oxygen atoms in total. The zero-order valence-corrected chi connectivity index (χ0v) is 13.7. The highest BCUT2D eigenvalue weighted by Crippen LogP contribution is 2.27. The molecule has 2 atom stereocenters. The summed E-state index contributed by atoms with van der Waals surface area (Å²) in [6, 6.07) is 8.13. The fraction of sp³-hybridized carbons (Fsp3) is 0.474. The third-order valence-corrected chi connectivity index (χ3v) is 4.51. The molecular formula is C19H23NO3. The van der Waals surface area contributed by atoms with E-state index in [4.69, 9.17) is 9.15 Å². The van der Waals surface area contributed by atoms with Crippen LogP contribution in [-0.4, -0.2) is 17.4 Å². The molecule has 1 saturated carbocycles. The summed E-state index contributed by atoms with van der Waals surface area (Å²) in [5.74, 6) is 1.58. The Kier molecular flexibility index (Phi) is 4.91. The molecule has 1 fully saturated rings. The fourth-order valence-corrected chi connectivity index (χ4v) is 3.03. The molecule has 1 aromatic carbocycles.